The summed E-state index contributed by atoms with van der Waals surface area (Å²) in [7, 11) is 0. The van der Waals surface area contributed by atoms with Gasteiger partial charge in [-0.1, -0.05) is 55.1 Å². The normalized spacial score (nSPS) is 9.82. The maximum absolute atomic E-state index is 11.8. The number of hydrogen-bond donors (Lipinski definition) is 0. The summed E-state index contributed by atoms with van der Waals surface area (Å²) < 4.78 is 10.1. The molecular weight excluding hydrogens is 280 g/mol. The molecule has 2 rings (SSSR count). The minimum Gasteiger partial charge on any atom is -0.462 e. The number of para-hydroxylation sites is 1. The van der Waals surface area contributed by atoms with Crippen LogP contribution in [0.25, 0.3) is 11.1 Å². The highest BCUT2D eigenvalue weighted by Gasteiger charge is 2.11. The van der Waals surface area contributed by atoms with Gasteiger partial charge in [0.25, 0.3) is 0 Å². The van der Waals surface area contributed by atoms with E-state index >= 15 is 0 Å². The molecule has 0 saturated carbocycles. The van der Waals surface area contributed by atoms with Crippen LogP contribution >= 0.6 is 0 Å². The number of hydrogen-bond acceptors (Lipinski definition) is 4. The van der Waals surface area contributed by atoms with Crippen LogP contribution in [0.15, 0.2) is 67.3 Å². The fourth-order valence-corrected chi connectivity index (χ4v) is 1.88. The lowest BCUT2D eigenvalue weighted by Gasteiger charge is -2.10. The van der Waals surface area contributed by atoms with Gasteiger partial charge < -0.3 is 9.47 Å². The quantitative estimate of drug-likeness (QED) is 0.466. The first kappa shape index (κ1) is 15.5. The van der Waals surface area contributed by atoms with E-state index in [0.29, 0.717) is 5.75 Å². The Labute approximate surface area is 129 Å². The predicted molar refractivity (Wildman–Crippen MR) is 83.3 cm³/mol. The van der Waals surface area contributed by atoms with Crippen LogP contribution in [0.4, 0.5) is 0 Å². The average molecular weight is 296 g/mol. The molecule has 2 aromatic carbocycles. The molecule has 112 valence electrons. The third kappa shape index (κ3) is 4.31. The molecule has 0 saturated heterocycles. The van der Waals surface area contributed by atoms with Gasteiger partial charge in [0, 0.05) is 11.6 Å². The lowest BCUT2D eigenvalue weighted by atomic mass is 10.1. The maximum Gasteiger partial charge on any atom is 0.330 e. The molecule has 0 spiro atoms. The molecule has 4 nitrogen and oxygen atoms in total. The number of esters is 2. The van der Waals surface area contributed by atoms with Crippen LogP contribution in [0.3, 0.4) is 0 Å². The molecule has 0 N–H and O–H groups in total. The highest BCUT2D eigenvalue weighted by molar-refractivity contribution is 5.82. The van der Waals surface area contributed by atoms with Crippen LogP contribution in [-0.4, -0.2) is 18.5 Å². The van der Waals surface area contributed by atoms with Crippen LogP contribution in [-0.2, 0) is 14.3 Å². The van der Waals surface area contributed by atoms with E-state index in [4.69, 9.17) is 9.47 Å². The zero-order valence-electron chi connectivity index (χ0n) is 12.0. The SMILES string of the molecule is C=CC(=O)OCCC(=O)Oc1ccccc1-c1ccccc1. The van der Waals surface area contributed by atoms with Crippen molar-refractivity contribution in [2.75, 3.05) is 6.61 Å². The molecule has 0 radical (unpaired) electrons. The Bertz CT molecular complexity index is 662. The minimum atomic E-state index is -0.558. The standard InChI is InChI=1S/C18H16O4/c1-2-17(19)21-13-12-18(20)22-16-11-7-6-10-15(16)14-8-4-3-5-9-14/h2-11H,1,12-13H2. The van der Waals surface area contributed by atoms with Crippen LogP contribution in [0.1, 0.15) is 6.42 Å². The van der Waals surface area contributed by atoms with Gasteiger partial charge in [0.1, 0.15) is 12.4 Å². The first-order valence-corrected chi connectivity index (χ1v) is 6.85. The van der Waals surface area contributed by atoms with Gasteiger partial charge in [0.05, 0.1) is 6.42 Å². The van der Waals surface area contributed by atoms with E-state index in [2.05, 4.69) is 6.58 Å². The molecule has 4 heteroatoms. The molecular formula is C18H16O4. The first-order chi connectivity index (χ1) is 10.7. The minimum absolute atomic E-state index is 0.0112. The van der Waals surface area contributed by atoms with Gasteiger partial charge in [-0.3, -0.25) is 4.79 Å². The van der Waals surface area contributed by atoms with Crippen molar-refractivity contribution < 1.29 is 19.1 Å². The lowest BCUT2D eigenvalue weighted by Crippen LogP contribution is -2.13. The Morgan fingerprint density at radius 1 is 1.00 bits per heavy atom. The molecule has 0 amide bonds. The molecule has 0 aliphatic rings. The smallest absolute Gasteiger partial charge is 0.330 e. The highest BCUT2D eigenvalue weighted by Crippen LogP contribution is 2.29. The zero-order valence-corrected chi connectivity index (χ0v) is 12.0. The third-order valence-corrected chi connectivity index (χ3v) is 2.91. The van der Waals surface area contributed by atoms with Crippen molar-refractivity contribution in [1.29, 1.82) is 0 Å². The fourth-order valence-electron chi connectivity index (χ4n) is 1.88. The highest BCUT2D eigenvalue weighted by atomic mass is 16.5. The van der Waals surface area contributed by atoms with Crippen molar-refractivity contribution >= 4 is 11.9 Å². The van der Waals surface area contributed by atoms with E-state index in [0.717, 1.165) is 17.2 Å². The zero-order chi connectivity index (χ0) is 15.8. The van der Waals surface area contributed by atoms with E-state index in [1.807, 2.05) is 42.5 Å². The Morgan fingerprint density at radius 3 is 2.41 bits per heavy atom. The van der Waals surface area contributed by atoms with Crippen LogP contribution in [0.5, 0.6) is 5.75 Å². The second kappa shape index (κ2) is 7.78. The summed E-state index contributed by atoms with van der Waals surface area (Å²) in [6.45, 7) is 3.25. The van der Waals surface area contributed by atoms with Crippen molar-refractivity contribution in [2.45, 2.75) is 6.42 Å². The molecule has 0 heterocycles. The maximum atomic E-state index is 11.8. The van der Waals surface area contributed by atoms with Gasteiger partial charge in [-0.05, 0) is 11.6 Å². The summed E-state index contributed by atoms with van der Waals surface area (Å²) in [5.74, 6) is -0.536. The van der Waals surface area contributed by atoms with Gasteiger partial charge in [-0.2, -0.15) is 0 Å². The Balaban J connectivity index is 2.03. The van der Waals surface area contributed by atoms with E-state index in [1.54, 1.807) is 12.1 Å². The van der Waals surface area contributed by atoms with E-state index in [-0.39, 0.29) is 13.0 Å². The van der Waals surface area contributed by atoms with Crippen LogP contribution < -0.4 is 4.74 Å². The summed E-state index contributed by atoms with van der Waals surface area (Å²) in [4.78, 5) is 22.7. The summed E-state index contributed by atoms with van der Waals surface area (Å²) in [5, 5.41) is 0. The lowest BCUT2D eigenvalue weighted by molar-refractivity contribution is -0.141. The Hall–Kier alpha value is -2.88. The van der Waals surface area contributed by atoms with Crippen molar-refractivity contribution in [3.63, 3.8) is 0 Å². The van der Waals surface area contributed by atoms with Gasteiger partial charge in [0.2, 0.25) is 0 Å². The molecule has 2 aromatic rings. The summed E-state index contributed by atoms with van der Waals surface area (Å²) in [6, 6.07) is 16.9. The Kier molecular flexibility index (Phi) is 5.49. The van der Waals surface area contributed by atoms with Crippen molar-refractivity contribution in [3.05, 3.63) is 67.3 Å². The number of ether oxygens (including phenoxy) is 2. The van der Waals surface area contributed by atoms with Gasteiger partial charge in [-0.15, -0.1) is 0 Å². The number of carbonyl (C=O) groups is 2. The summed E-state index contributed by atoms with van der Waals surface area (Å²) in [5.41, 5.74) is 1.79. The van der Waals surface area contributed by atoms with Gasteiger partial charge >= 0.3 is 11.9 Å². The second-order valence-electron chi connectivity index (χ2n) is 4.46. The predicted octanol–water partition coefficient (Wildman–Crippen LogP) is 3.38. The molecule has 22 heavy (non-hydrogen) atoms. The van der Waals surface area contributed by atoms with Gasteiger partial charge in [0.15, 0.2) is 0 Å². The molecule has 0 aliphatic heterocycles. The monoisotopic (exact) mass is 296 g/mol. The van der Waals surface area contributed by atoms with Gasteiger partial charge in [-0.25, -0.2) is 4.79 Å². The van der Waals surface area contributed by atoms with Crippen molar-refractivity contribution in [2.24, 2.45) is 0 Å². The van der Waals surface area contributed by atoms with E-state index in [9.17, 15) is 9.59 Å². The van der Waals surface area contributed by atoms with Crippen LogP contribution in [0, 0.1) is 0 Å². The second-order valence-corrected chi connectivity index (χ2v) is 4.46. The number of rotatable bonds is 6. The summed E-state index contributed by atoms with van der Waals surface area (Å²) >= 11 is 0. The molecule has 0 unspecified atom stereocenters. The van der Waals surface area contributed by atoms with Crippen molar-refractivity contribution in [1.82, 2.24) is 0 Å². The molecule has 0 aliphatic carbocycles. The molecule has 0 fully saturated rings. The number of carbonyl (C=O) groups excluding carboxylic acids is 2. The average Bonchev–Trinajstić information content (AvgIpc) is 2.56. The number of benzene rings is 2. The largest absolute Gasteiger partial charge is 0.462 e. The van der Waals surface area contributed by atoms with Crippen LogP contribution in [0.2, 0.25) is 0 Å². The molecule has 0 atom stereocenters. The first-order valence-electron chi connectivity index (χ1n) is 6.85. The Morgan fingerprint density at radius 2 is 1.68 bits per heavy atom. The summed E-state index contributed by atoms with van der Waals surface area (Å²) in [6.07, 6.45) is 1.04. The molecule has 0 bridgehead atoms. The molecule has 0 aromatic heterocycles. The topological polar surface area (TPSA) is 52.6 Å². The third-order valence-electron chi connectivity index (χ3n) is 2.91. The fraction of sp³-hybridized carbons (Fsp3) is 0.111. The van der Waals surface area contributed by atoms with E-state index < -0.39 is 11.9 Å². The van der Waals surface area contributed by atoms with E-state index in [1.165, 1.54) is 0 Å². The van der Waals surface area contributed by atoms with Crippen molar-refractivity contribution in [3.8, 4) is 16.9 Å².